The number of aryl methyl sites for hydroxylation is 2. The van der Waals surface area contributed by atoms with Gasteiger partial charge in [-0.25, -0.2) is 0 Å². The van der Waals surface area contributed by atoms with Crippen molar-refractivity contribution in [1.29, 1.82) is 0 Å². The Balaban J connectivity index is 1.95. The quantitative estimate of drug-likeness (QED) is 0.791. The molecule has 1 unspecified atom stereocenters. The molecule has 1 atom stereocenters. The minimum absolute atomic E-state index is 0.499. The van der Waals surface area contributed by atoms with Crippen LogP contribution in [0.1, 0.15) is 67.3 Å². The second-order valence-corrected chi connectivity index (χ2v) is 7.49. The molecule has 1 aromatic rings. The molecule has 18 heavy (non-hydrogen) atoms. The van der Waals surface area contributed by atoms with Crippen LogP contribution in [0.5, 0.6) is 0 Å². The molecule has 1 nitrogen and oxygen atoms in total. The molecule has 1 heterocycles. The summed E-state index contributed by atoms with van der Waals surface area (Å²) in [5, 5.41) is 3.79. The number of rotatable bonds is 5. The monoisotopic (exact) mass is 265 g/mol. The average molecular weight is 265 g/mol. The lowest BCUT2D eigenvalue weighted by Crippen LogP contribution is -2.33. The van der Waals surface area contributed by atoms with Crippen LogP contribution in [0.15, 0.2) is 6.07 Å². The van der Waals surface area contributed by atoms with Gasteiger partial charge in [-0.05, 0) is 57.1 Å². The van der Waals surface area contributed by atoms with Gasteiger partial charge in [-0.1, -0.05) is 19.8 Å². The van der Waals surface area contributed by atoms with Gasteiger partial charge in [0, 0.05) is 22.3 Å². The Labute approximate surface area is 116 Å². The van der Waals surface area contributed by atoms with Crippen molar-refractivity contribution in [2.24, 2.45) is 5.41 Å². The summed E-state index contributed by atoms with van der Waals surface area (Å²) in [5.41, 5.74) is 2.09. The van der Waals surface area contributed by atoms with Crippen LogP contribution < -0.4 is 5.32 Å². The van der Waals surface area contributed by atoms with Crippen LogP contribution in [0.25, 0.3) is 0 Å². The first-order valence-electron chi connectivity index (χ1n) is 7.37. The normalized spacial score (nSPS) is 20.2. The molecule has 1 saturated carbocycles. The molecule has 1 aromatic heterocycles. The van der Waals surface area contributed by atoms with E-state index in [1.807, 2.05) is 11.3 Å². The Hall–Kier alpha value is -0.340. The third-order valence-electron chi connectivity index (χ3n) is 4.74. The minimum atomic E-state index is 0.499. The molecule has 0 aliphatic heterocycles. The van der Waals surface area contributed by atoms with E-state index in [1.54, 1.807) is 0 Å². The van der Waals surface area contributed by atoms with Gasteiger partial charge < -0.3 is 5.32 Å². The highest BCUT2D eigenvalue weighted by atomic mass is 32.1. The third kappa shape index (κ3) is 2.97. The molecule has 0 saturated heterocycles. The Morgan fingerprint density at radius 2 is 2.00 bits per heavy atom. The molecule has 0 bridgehead atoms. The second-order valence-electron chi connectivity index (χ2n) is 6.03. The van der Waals surface area contributed by atoms with Gasteiger partial charge in [-0.15, -0.1) is 11.3 Å². The number of thiophene rings is 1. The van der Waals surface area contributed by atoms with Crippen LogP contribution in [0.2, 0.25) is 0 Å². The van der Waals surface area contributed by atoms with Gasteiger partial charge in [0.05, 0.1) is 0 Å². The van der Waals surface area contributed by atoms with Gasteiger partial charge in [-0.2, -0.15) is 0 Å². The van der Waals surface area contributed by atoms with E-state index < -0.39 is 0 Å². The zero-order chi connectivity index (χ0) is 13.2. The molecule has 1 N–H and O–H groups in total. The molecule has 1 fully saturated rings. The van der Waals surface area contributed by atoms with Gasteiger partial charge in [-0.3, -0.25) is 0 Å². The summed E-state index contributed by atoms with van der Waals surface area (Å²) in [5.74, 6) is 0. The molecule has 0 spiro atoms. The molecule has 1 aliphatic rings. The Morgan fingerprint density at radius 3 is 2.50 bits per heavy atom. The van der Waals surface area contributed by atoms with Gasteiger partial charge in [0.1, 0.15) is 0 Å². The summed E-state index contributed by atoms with van der Waals surface area (Å²) in [6.07, 6.45) is 7.03. The second kappa shape index (κ2) is 5.75. The predicted octanol–water partition coefficient (Wildman–Crippen LogP) is 4.99. The maximum absolute atomic E-state index is 3.79. The van der Waals surface area contributed by atoms with Crippen molar-refractivity contribution in [2.75, 3.05) is 6.54 Å². The summed E-state index contributed by atoms with van der Waals surface area (Å²) in [6.45, 7) is 10.3. The topological polar surface area (TPSA) is 12.0 Å². The highest BCUT2D eigenvalue weighted by Gasteiger charge is 2.32. The fourth-order valence-electron chi connectivity index (χ4n) is 3.34. The van der Waals surface area contributed by atoms with E-state index in [-0.39, 0.29) is 0 Å². The number of hydrogen-bond donors (Lipinski definition) is 1. The van der Waals surface area contributed by atoms with Crippen molar-refractivity contribution in [3.8, 4) is 0 Å². The van der Waals surface area contributed by atoms with Gasteiger partial charge in [0.15, 0.2) is 0 Å². The Bertz CT molecular complexity index is 388. The van der Waals surface area contributed by atoms with E-state index >= 15 is 0 Å². The SMILES string of the molecule is CCC1(CNC(C)c2cc(C)sc2C)CCCC1. The molecule has 2 heteroatoms. The van der Waals surface area contributed by atoms with E-state index in [1.165, 1.54) is 54.0 Å². The summed E-state index contributed by atoms with van der Waals surface area (Å²) in [4.78, 5) is 2.91. The molecule has 0 amide bonds. The van der Waals surface area contributed by atoms with Crippen LogP contribution in [0.3, 0.4) is 0 Å². The molecule has 0 radical (unpaired) electrons. The summed E-state index contributed by atoms with van der Waals surface area (Å²) < 4.78 is 0. The van der Waals surface area contributed by atoms with Crippen LogP contribution in [-0.2, 0) is 0 Å². The smallest absolute Gasteiger partial charge is 0.0303 e. The molecule has 102 valence electrons. The van der Waals surface area contributed by atoms with E-state index in [9.17, 15) is 0 Å². The van der Waals surface area contributed by atoms with Crippen molar-refractivity contribution in [3.63, 3.8) is 0 Å². The zero-order valence-corrected chi connectivity index (χ0v) is 13.1. The minimum Gasteiger partial charge on any atom is -0.310 e. The zero-order valence-electron chi connectivity index (χ0n) is 12.3. The van der Waals surface area contributed by atoms with Crippen molar-refractivity contribution in [3.05, 3.63) is 21.4 Å². The first-order valence-corrected chi connectivity index (χ1v) is 8.18. The van der Waals surface area contributed by atoms with Crippen LogP contribution in [-0.4, -0.2) is 6.54 Å². The molecule has 1 aliphatic carbocycles. The fraction of sp³-hybridized carbons (Fsp3) is 0.750. The summed E-state index contributed by atoms with van der Waals surface area (Å²) >= 11 is 1.92. The van der Waals surface area contributed by atoms with E-state index in [4.69, 9.17) is 0 Å². The van der Waals surface area contributed by atoms with Crippen LogP contribution in [0.4, 0.5) is 0 Å². The lowest BCUT2D eigenvalue weighted by molar-refractivity contribution is 0.259. The van der Waals surface area contributed by atoms with E-state index in [0.717, 1.165) is 0 Å². The maximum Gasteiger partial charge on any atom is 0.0303 e. The fourth-order valence-corrected chi connectivity index (χ4v) is 4.36. The van der Waals surface area contributed by atoms with Crippen molar-refractivity contribution in [2.45, 2.75) is 65.8 Å². The highest BCUT2D eigenvalue weighted by Crippen LogP contribution is 2.40. The van der Waals surface area contributed by atoms with Gasteiger partial charge >= 0.3 is 0 Å². The van der Waals surface area contributed by atoms with Crippen molar-refractivity contribution in [1.82, 2.24) is 5.32 Å². The largest absolute Gasteiger partial charge is 0.310 e. The van der Waals surface area contributed by atoms with Crippen molar-refractivity contribution >= 4 is 11.3 Å². The Morgan fingerprint density at radius 1 is 1.33 bits per heavy atom. The number of nitrogens with one attached hydrogen (secondary N) is 1. The average Bonchev–Trinajstić information content (AvgIpc) is 2.94. The van der Waals surface area contributed by atoms with Gasteiger partial charge in [0.25, 0.3) is 0 Å². The number of hydrogen-bond acceptors (Lipinski definition) is 2. The lowest BCUT2D eigenvalue weighted by Gasteiger charge is -2.29. The standard InChI is InChI=1S/C16H27NS/c1-5-16(8-6-7-9-16)11-17-13(3)15-10-12(2)18-14(15)4/h10,13,17H,5-9,11H2,1-4H3. The molecule has 0 aromatic carbocycles. The third-order valence-corrected chi connectivity index (χ3v) is 5.73. The first-order chi connectivity index (χ1) is 8.56. The maximum atomic E-state index is 3.79. The lowest BCUT2D eigenvalue weighted by atomic mass is 9.83. The highest BCUT2D eigenvalue weighted by molar-refractivity contribution is 7.12. The van der Waals surface area contributed by atoms with Crippen LogP contribution >= 0.6 is 11.3 Å². The van der Waals surface area contributed by atoms with Crippen molar-refractivity contribution < 1.29 is 0 Å². The summed E-state index contributed by atoms with van der Waals surface area (Å²) in [7, 11) is 0. The molecular formula is C16H27NS. The Kier molecular flexibility index (Phi) is 4.50. The van der Waals surface area contributed by atoms with Crippen LogP contribution in [0, 0.1) is 19.3 Å². The predicted molar refractivity (Wildman–Crippen MR) is 81.4 cm³/mol. The van der Waals surface area contributed by atoms with Gasteiger partial charge in [0.2, 0.25) is 0 Å². The summed E-state index contributed by atoms with van der Waals surface area (Å²) in [6, 6.07) is 2.85. The first kappa shape index (κ1) is 14.1. The van der Waals surface area contributed by atoms with E-state index in [0.29, 0.717) is 11.5 Å². The molecular weight excluding hydrogens is 238 g/mol. The molecule has 2 rings (SSSR count). The van der Waals surface area contributed by atoms with E-state index in [2.05, 4.69) is 39.1 Å².